The minimum Gasteiger partial charge on any atom is -0.480 e. The Balaban J connectivity index is 2.71. The maximum absolute atomic E-state index is 12.0. The van der Waals surface area contributed by atoms with Crippen molar-refractivity contribution in [2.75, 3.05) is 20.1 Å². The zero-order valence-corrected chi connectivity index (χ0v) is 13.0. The van der Waals surface area contributed by atoms with Gasteiger partial charge in [0.05, 0.1) is 6.54 Å². The van der Waals surface area contributed by atoms with E-state index in [2.05, 4.69) is 15.9 Å². The second-order valence-corrected chi connectivity index (χ2v) is 5.92. The maximum atomic E-state index is 12.0. The van der Waals surface area contributed by atoms with E-state index >= 15 is 0 Å². The lowest BCUT2D eigenvalue weighted by molar-refractivity contribution is -0.140. The van der Waals surface area contributed by atoms with Crippen molar-refractivity contribution in [1.82, 2.24) is 9.80 Å². The summed E-state index contributed by atoms with van der Waals surface area (Å²) in [5.41, 5.74) is 0. The van der Waals surface area contributed by atoms with Crippen molar-refractivity contribution in [3.8, 4) is 0 Å². The highest BCUT2D eigenvalue weighted by atomic mass is 79.9. The third-order valence-electron chi connectivity index (χ3n) is 2.26. The Morgan fingerprint density at radius 3 is 2.20 bits per heavy atom. The number of carboxylic acid groups (broad SMARTS) is 2. The van der Waals surface area contributed by atoms with Crippen molar-refractivity contribution < 1.29 is 24.6 Å². The molecule has 0 radical (unpaired) electrons. The topological polar surface area (TPSA) is 98.2 Å². The molecule has 20 heavy (non-hydrogen) atoms. The predicted octanol–water partition coefficient (Wildman–Crippen LogP) is 1.53. The van der Waals surface area contributed by atoms with Gasteiger partial charge in [-0.3, -0.25) is 9.59 Å². The fourth-order valence-corrected chi connectivity index (χ4v) is 3.00. The highest BCUT2D eigenvalue weighted by Gasteiger charge is 2.23. The summed E-state index contributed by atoms with van der Waals surface area (Å²) < 4.78 is 0.895. The van der Waals surface area contributed by atoms with E-state index in [9.17, 15) is 14.4 Å². The quantitative estimate of drug-likeness (QED) is 0.797. The second-order valence-electron chi connectivity index (χ2n) is 4.01. The van der Waals surface area contributed by atoms with Crippen LogP contribution in [0.2, 0.25) is 0 Å². The van der Waals surface area contributed by atoms with Gasteiger partial charge in [-0.2, -0.15) is 0 Å². The molecule has 1 aromatic rings. The monoisotopic (exact) mass is 364 g/mol. The molecule has 0 spiro atoms. The normalized spacial score (nSPS) is 10.1. The summed E-state index contributed by atoms with van der Waals surface area (Å²) in [6.07, 6.45) is 0. The Morgan fingerprint density at radius 1 is 1.25 bits per heavy atom. The van der Waals surface area contributed by atoms with Crippen LogP contribution >= 0.6 is 27.3 Å². The van der Waals surface area contributed by atoms with Gasteiger partial charge in [0.2, 0.25) is 0 Å². The fraction of sp³-hybridized carbons (Fsp3) is 0.364. The number of rotatable bonds is 6. The molecule has 2 amide bonds. The molecule has 1 aromatic heterocycles. The lowest BCUT2D eigenvalue weighted by Gasteiger charge is -2.25. The number of hydrogen-bond acceptors (Lipinski definition) is 4. The van der Waals surface area contributed by atoms with Gasteiger partial charge in [0.15, 0.2) is 0 Å². The Bertz CT molecular complexity index is 503. The molecular formula is C11H13BrN2O5S. The van der Waals surface area contributed by atoms with Gasteiger partial charge in [-0.25, -0.2) is 4.79 Å². The molecule has 110 valence electrons. The maximum Gasteiger partial charge on any atom is 0.323 e. The van der Waals surface area contributed by atoms with Crippen LogP contribution in [0.25, 0.3) is 0 Å². The first-order chi connectivity index (χ1) is 9.29. The molecule has 0 aliphatic carbocycles. The van der Waals surface area contributed by atoms with Crippen LogP contribution in [-0.2, 0) is 16.1 Å². The Labute approximate surface area is 127 Å². The molecule has 0 aromatic carbocycles. The van der Waals surface area contributed by atoms with Crippen molar-refractivity contribution in [3.63, 3.8) is 0 Å². The lowest BCUT2D eigenvalue weighted by atomic mass is 10.4. The van der Waals surface area contributed by atoms with Crippen LogP contribution in [-0.4, -0.2) is 58.1 Å². The largest absolute Gasteiger partial charge is 0.480 e. The SMILES string of the molecule is CN(Cc1cc(Br)cs1)C(=O)N(CC(=O)O)CC(=O)O. The Kier molecular flexibility index (Phi) is 5.96. The summed E-state index contributed by atoms with van der Waals surface area (Å²) in [5.74, 6) is -2.52. The number of carbonyl (C=O) groups is 3. The Morgan fingerprint density at radius 2 is 1.80 bits per heavy atom. The number of nitrogens with zero attached hydrogens (tertiary/aromatic N) is 2. The van der Waals surface area contributed by atoms with E-state index in [-0.39, 0.29) is 6.54 Å². The minimum absolute atomic E-state index is 0.283. The first-order valence-electron chi connectivity index (χ1n) is 5.46. The van der Waals surface area contributed by atoms with Crippen LogP contribution in [0.3, 0.4) is 0 Å². The molecule has 0 unspecified atom stereocenters. The molecule has 2 N–H and O–H groups in total. The minimum atomic E-state index is -1.26. The molecular weight excluding hydrogens is 352 g/mol. The molecule has 0 saturated heterocycles. The number of urea groups is 1. The number of aliphatic carboxylic acids is 2. The first-order valence-corrected chi connectivity index (χ1v) is 7.13. The summed E-state index contributed by atoms with van der Waals surface area (Å²) in [6.45, 7) is -1.02. The Hall–Kier alpha value is -1.61. The second kappa shape index (κ2) is 7.25. The predicted molar refractivity (Wildman–Crippen MR) is 75.7 cm³/mol. The molecule has 7 nitrogen and oxygen atoms in total. The summed E-state index contributed by atoms with van der Waals surface area (Å²) in [6, 6.07) is 1.20. The summed E-state index contributed by atoms with van der Waals surface area (Å²) >= 11 is 4.74. The molecule has 1 heterocycles. The van der Waals surface area contributed by atoms with Gasteiger partial charge in [0.1, 0.15) is 13.1 Å². The molecule has 0 aliphatic heterocycles. The van der Waals surface area contributed by atoms with Crippen LogP contribution in [0.4, 0.5) is 4.79 Å². The van der Waals surface area contributed by atoms with E-state index in [1.165, 1.54) is 23.3 Å². The van der Waals surface area contributed by atoms with E-state index < -0.39 is 31.1 Å². The molecule has 1 rings (SSSR count). The van der Waals surface area contributed by atoms with Gasteiger partial charge in [-0.15, -0.1) is 11.3 Å². The molecule has 0 saturated carbocycles. The van der Waals surface area contributed by atoms with E-state index in [4.69, 9.17) is 10.2 Å². The van der Waals surface area contributed by atoms with E-state index in [1.807, 2.05) is 11.4 Å². The number of thiophene rings is 1. The van der Waals surface area contributed by atoms with Gasteiger partial charge in [0, 0.05) is 21.8 Å². The molecule has 0 aliphatic rings. The average Bonchev–Trinajstić information content (AvgIpc) is 2.71. The zero-order valence-electron chi connectivity index (χ0n) is 10.6. The van der Waals surface area contributed by atoms with Gasteiger partial charge in [0.25, 0.3) is 0 Å². The van der Waals surface area contributed by atoms with Crippen LogP contribution in [0, 0.1) is 0 Å². The third-order valence-corrected chi connectivity index (χ3v) is 3.95. The van der Waals surface area contributed by atoms with Crippen LogP contribution in [0.15, 0.2) is 15.9 Å². The van der Waals surface area contributed by atoms with Gasteiger partial charge in [-0.1, -0.05) is 0 Å². The first kappa shape index (κ1) is 16.4. The third kappa shape index (κ3) is 5.17. The van der Waals surface area contributed by atoms with Gasteiger partial charge in [-0.05, 0) is 22.0 Å². The average molecular weight is 365 g/mol. The molecule has 0 atom stereocenters. The lowest BCUT2D eigenvalue weighted by Crippen LogP contribution is -2.45. The molecule has 0 fully saturated rings. The van der Waals surface area contributed by atoms with Crippen LogP contribution in [0.1, 0.15) is 4.88 Å². The number of carboxylic acids is 2. The molecule has 9 heteroatoms. The number of hydrogen-bond donors (Lipinski definition) is 2. The van der Waals surface area contributed by atoms with Gasteiger partial charge < -0.3 is 20.0 Å². The van der Waals surface area contributed by atoms with E-state index in [0.717, 1.165) is 14.2 Å². The summed E-state index contributed by atoms with van der Waals surface area (Å²) in [5, 5.41) is 19.3. The van der Waals surface area contributed by atoms with Crippen molar-refractivity contribution in [2.24, 2.45) is 0 Å². The molecule has 0 bridgehead atoms. The standard InChI is InChI=1S/C11H13BrN2O5S/c1-13(3-8-2-7(12)6-20-8)11(19)14(4-9(15)16)5-10(17)18/h2,6H,3-5H2,1H3,(H,15,16)(H,17,18). The number of amides is 2. The van der Waals surface area contributed by atoms with Crippen LogP contribution < -0.4 is 0 Å². The number of carbonyl (C=O) groups excluding carboxylic acids is 1. The summed E-state index contributed by atoms with van der Waals surface area (Å²) in [4.78, 5) is 36.3. The van der Waals surface area contributed by atoms with E-state index in [0.29, 0.717) is 0 Å². The van der Waals surface area contributed by atoms with E-state index in [1.54, 1.807) is 0 Å². The van der Waals surface area contributed by atoms with Crippen LogP contribution in [0.5, 0.6) is 0 Å². The van der Waals surface area contributed by atoms with Gasteiger partial charge >= 0.3 is 18.0 Å². The van der Waals surface area contributed by atoms with Crippen molar-refractivity contribution >= 4 is 45.2 Å². The van der Waals surface area contributed by atoms with Crippen molar-refractivity contribution in [3.05, 3.63) is 20.8 Å². The zero-order chi connectivity index (χ0) is 15.3. The van der Waals surface area contributed by atoms with Crippen molar-refractivity contribution in [2.45, 2.75) is 6.54 Å². The fourth-order valence-electron chi connectivity index (χ4n) is 1.50. The highest BCUT2D eigenvalue weighted by Crippen LogP contribution is 2.21. The smallest absolute Gasteiger partial charge is 0.323 e. The summed E-state index contributed by atoms with van der Waals surface area (Å²) in [7, 11) is 1.49. The highest BCUT2D eigenvalue weighted by molar-refractivity contribution is 9.10. The number of halogens is 1. The van der Waals surface area contributed by atoms with Crippen molar-refractivity contribution in [1.29, 1.82) is 0 Å².